The van der Waals surface area contributed by atoms with Crippen molar-refractivity contribution in [2.75, 3.05) is 11.9 Å². The minimum Gasteiger partial charge on any atom is -0.368 e. The van der Waals surface area contributed by atoms with E-state index >= 15 is 0 Å². The number of sulfone groups is 1. The van der Waals surface area contributed by atoms with Gasteiger partial charge in [-0.1, -0.05) is 0 Å². The largest absolute Gasteiger partial charge is 0.501 e. The van der Waals surface area contributed by atoms with Crippen molar-refractivity contribution in [1.29, 1.82) is 0 Å². The Balaban J connectivity index is 2.47. The van der Waals surface area contributed by atoms with E-state index in [1.165, 1.54) is 23.3 Å². The molecule has 1 heterocycles. The van der Waals surface area contributed by atoms with Crippen molar-refractivity contribution in [2.45, 2.75) is 23.9 Å². The van der Waals surface area contributed by atoms with E-state index in [0.717, 1.165) is 17.1 Å². The fourth-order valence-corrected chi connectivity index (χ4v) is 3.57. The summed E-state index contributed by atoms with van der Waals surface area (Å²) in [5.41, 5.74) is -5.17. The molecule has 10 heteroatoms. The first-order valence-corrected chi connectivity index (χ1v) is 8.61. The van der Waals surface area contributed by atoms with E-state index in [9.17, 15) is 26.0 Å². The average molecular weight is 368 g/mol. The molecule has 1 aromatic heterocycles. The number of hydrogen-bond donors (Lipinski definition) is 0. The molecule has 126 valence electrons. The van der Waals surface area contributed by atoms with Crippen LogP contribution >= 0.6 is 11.3 Å². The highest BCUT2D eigenvalue weighted by Crippen LogP contribution is 2.36. The molecule has 0 aliphatic carbocycles. The van der Waals surface area contributed by atoms with Crippen molar-refractivity contribution >= 4 is 26.9 Å². The third kappa shape index (κ3) is 3.63. The van der Waals surface area contributed by atoms with E-state index in [-0.39, 0.29) is 12.2 Å². The van der Waals surface area contributed by atoms with Crippen LogP contribution in [0.1, 0.15) is 10.7 Å². The second-order valence-corrected chi connectivity index (χ2v) is 7.75. The second-order valence-electron chi connectivity index (χ2n) is 4.78. The fraction of sp³-hybridized carbons (Fsp3) is 0.308. The lowest BCUT2D eigenvalue weighted by Crippen LogP contribution is -2.27. The minimum atomic E-state index is -5.66. The molecule has 0 saturated heterocycles. The molecule has 0 spiro atoms. The fourth-order valence-electron chi connectivity index (χ4n) is 1.95. The molecule has 1 aromatic carbocycles. The highest BCUT2D eigenvalue weighted by atomic mass is 32.2. The first kappa shape index (κ1) is 17.7. The Hall–Kier alpha value is -1.68. The van der Waals surface area contributed by atoms with Crippen molar-refractivity contribution in [3.63, 3.8) is 0 Å². The van der Waals surface area contributed by atoms with E-state index < -0.39 is 26.1 Å². The van der Waals surface area contributed by atoms with Crippen molar-refractivity contribution in [3.05, 3.63) is 40.1 Å². The monoisotopic (exact) mass is 368 g/mol. The molecule has 0 aliphatic heterocycles. The number of anilines is 1. The third-order valence-electron chi connectivity index (χ3n) is 2.99. The van der Waals surface area contributed by atoms with Gasteiger partial charge in [-0.3, -0.25) is 0 Å². The average Bonchev–Trinajstić information content (AvgIpc) is 2.82. The summed E-state index contributed by atoms with van der Waals surface area (Å²) in [6.45, 7) is 1.86. The zero-order valence-electron chi connectivity index (χ0n) is 12.1. The molecule has 0 amide bonds. The molecule has 2 aromatic rings. The molecular formula is C13H12F4N2O2S2. The van der Waals surface area contributed by atoms with Crippen LogP contribution in [0.15, 0.2) is 28.5 Å². The van der Waals surface area contributed by atoms with Gasteiger partial charge in [-0.15, -0.1) is 11.3 Å². The lowest BCUT2D eigenvalue weighted by molar-refractivity contribution is -0.0435. The summed E-state index contributed by atoms with van der Waals surface area (Å²) in [4.78, 5) is 4.34. The standard InChI is InChI=1S/C13H12F4N2O2S2/c1-8-18-10(7-22-8)6-19(2)11-4-3-9(14)5-12(11)23(20,21)13(15,16)17/h3-5,7H,6H2,1-2H3. The van der Waals surface area contributed by atoms with Gasteiger partial charge in [0.2, 0.25) is 0 Å². The molecule has 0 aliphatic rings. The number of rotatable bonds is 4. The van der Waals surface area contributed by atoms with Crippen molar-refractivity contribution < 1.29 is 26.0 Å². The highest BCUT2D eigenvalue weighted by Gasteiger charge is 2.48. The van der Waals surface area contributed by atoms with Crippen LogP contribution in [-0.4, -0.2) is 26.0 Å². The molecule has 0 unspecified atom stereocenters. The van der Waals surface area contributed by atoms with E-state index in [0.29, 0.717) is 11.8 Å². The molecule has 2 rings (SSSR count). The Kier molecular flexibility index (Phi) is 4.67. The summed E-state index contributed by atoms with van der Waals surface area (Å²) in [5, 5.41) is 2.49. The van der Waals surface area contributed by atoms with Crippen molar-refractivity contribution in [2.24, 2.45) is 0 Å². The van der Waals surface area contributed by atoms with Crippen molar-refractivity contribution in [1.82, 2.24) is 4.98 Å². The summed E-state index contributed by atoms with van der Waals surface area (Å²) in [6.07, 6.45) is 0. The molecule has 0 atom stereocenters. The van der Waals surface area contributed by atoms with Gasteiger partial charge in [0.1, 0.15) is 10.7 Å². The van der Waals surface area contributed by atoms with Crippen LogP contribution in [0.2, 0.25) is 0 Å². The maximum Gasteiger partial charge on any atom is 0.501 e. The van der Waals surface area contributed by atoms with Gasteiger partial charge < -0.3 is 4.90 Å². The molecule has 0 bridgehead atoms. The van der Waals surface area contributed by atoms with Gasteiger partial charge in [0.05, 0.1) is 22.9 Å². The highest BCUT2D eigenvalue weighted by molar-refractivity contribution is 7.92. The molecular weight excluding hydrogens is 356 g/mol. The van der Waals surface area contributed by atoms with Crippen LogP contribution in [0, 0.1) is 12.7 Å². The minimum absolute atomic E-state index is 0.0936. The molecule has 0 N–H and O–H groups in total. The topological polar surface area (TPSA) is 50.3 Å². The van der Waals surface area contributed by atoms with Crippen LogP contribution in [-0.2, 0) is 16.4 Å². The van der Waals surface area contributed by atoms with Gasteiger partial charge >= 0.3 is 5.51 Å². The number of hydrogen-bond acceptors (Lipinski definition) is 5. The SMILES string of the molecule is Cc1nc(CN(C)c2ccc(F)cc2S(=O)(=O)C(F)(F)F)cs1. The van der Waals surface area contributed by atoms with Gasteiger partial charge in [-0.2, -0.15) is 13.2 Å². The van der Waals surface area contributed by atoms with Crippen molar-refractivity contribution in [3.8, 4) is 0 Å². The van der Waals surface area contributed by atoms with Crippen LogP contribution in [0.25, 0.3) is 0 Å². The molecule has 0 fully saturated rings. The summed E-state index contributed by atoms with van der Waals surface area (Å²) in [5.74, 6) is -1.06. The van der Waals surface area contributed by atoms with Crippen LogP contribution in [0.3, 0.4) is 0 Å². The zero-order valence-corrected chi connectivity index (χ0v) is 13.7. The van der Waals surface area contributed by atoms with Gasteiger partial charge in [-0.05, 0) is 25.1 Å². The quantitative estimate of drug-likeness (QED) is 0.775. The maximum absolute atomic E-state index is 13.3. The number of benzene rings is 1. The summed E-state index contributed by atoms with van der Waals surface area (Å²) < 4.78 is 75.0. The predicted molar refractivity (Wildman–Crippen MR) is 78.6 cm³/mol. The van der Waals surface area contributed by atoms with E-state index in [1.807, 2.05) is 0 Å². The number of aryl methyl sites for hydroxylation is 1. The lowest BCUT2D eigenvalue weighted by Gasteiger charge is -2.22. The Bertz CT molecular complexity index is 816. The number of alkyl halides is 3. The molecule has 0 saturated carbocycles. The molecule has 0 radical (unpaired) electrons. The Morgan fingerprint density at radius 1 is 1.30 bits per heavy atom. The van der Waals surface area contributed by atoms with Crippen LogP contribution < -0.4 is 4.90 Å². The number of nitrogens with zero attached hydrogens (tertiary/aromatic N) is 2. The summed E-state index contributed by atoms with van der Waals surface area (Å²) in [7, 11) is -4.25. The number of thiazole rings is 1. The number of halogens is 4. The smallest absolute Gasteiger partial charge is 0.368 e. The zero-order chi connectivity index (χ0) is 17.4. The Labute approximate surface area is 134 Å². The predicted octanol–water partition coefficient (Wildman–Crippen LogP) is 3.52. The molecule has 4 nitrogen and oxygen atoms in total. The van der Waals surface area contributed by atoms with E-state index in [4.69, 9.17) is 0 Å². The van der Waals surface area contributed by atoms with E-state index in [2.05, 4.69) is 4.98 Å². The van der Waals surface area contributed by atoms with Gasteiger partial charge in [0, 0.05) is 12.4 Å². The summed E-state index contributed by atoms with van der Waals surface area (Å²) in [6, 6.07) is 2.29. The first-order valence-electron chi connectivity index (χ1n) is 6.25. The normalized spacial score (nSPS) is 12.4. The summed E-state index contributed by atoms with van der Waals surface area (Å²) >= 11 is 1.36. The molecule has 23 heavy (non-hydrogen) atoms. The van der Waals surface area contributed by atoms with Gasteiger partial charge in [0.15, 0.2) is 0 Å². The number of aromatic nitrogens is 1. The van der Waals surface area contributed by atoms with E-state index in [1.54, 1.807) is 12.3 Å². The lowest BCUT2D eigenvalue weighted by atomic mass is 10.3. The third-order valence-corrected chi connectivity index (χ3v) is 5.33. The van der Waals surface area contributed by atoms with Crippen LogP contribution in [0.5, 0.6) is 0 Å². The Morgan fingerprint density at radius 2 is 1.96 bits per heavy atom. The first-order chi connectivity index (χ1) is 10.5. The van der Waals surface area contributed by atoms with Gasteiger partial charge in [-0.25, -0.2) is 17.8 Å². The second kappa shape index (κ2) is 6.08. The Morgan fingerprint density at radius 3 is 2.48 bits per heavy atom. The van der Waals surface area contributed by atoms with Gasteiger partial charge in [0.25, 0.3) is 9.84 Å². The maximum atomic E-state index is 13.3. The van der Waals surface area contributed by atoms with Crippen LogP contribution in [0.4, 0.5) is 23.2 Å².